The highest BCUT2D eigenvalue weighted by atomic mass is 16.1. The molecule has 0 atom stereocenters. The summed E-state index contributed by atoms with van der Waals surface area (Å²) in [6.07, 6.45) is 2.80. The molecule has 0 aliphatic rings. The first-order valence-electron chi connectivity index (χ1n) is 4.83. The van der Waals surface area contributed by atoms with Crippen molar-refractivity contribution in [1.29, 1.82) is 0 Å². The summed E-state index contributed by atoms with van der Waals surface area (Å²) in [5.74, 6) is 0. The van der Waals surface area contributed by atoms with E-state index < -0.39 is 0 Å². The van der Waals surface area contributed by atoms with Crippen LogP contribution in [-0.2, 0) is 6.54 Å². The molecule has 0 saturated heterocycles. The van der Waals surface area contributed by atoms with E-state index in [9.17, 15) is 4.79 Å². The molecule has 1 aromatic heterocycles. The van der Waals surface area contributed by atoms with Gasteiger partial charge in [0.2, 0.25) is 0 Å². The van der Waals surface area contributed by atoms with E-state index in [1.165, 1.54) is 0 Å². The predicted molar refractivity (Wildman–Crippen MR) is 57.3 cm³/mol. The normalized spacial score (nSPS) is 10.6. The number of nitrogens with zero attached hydrogens (tertiary/aromatic N) is 1. The summed E-state index contributed by atoms with van der Waals surface area (Å²) < 4.78 is 2.07. The van der Waals surface area contributed by atoms with Crippen LogP contribution in [0.2, 0.25) is 0 Å². The van der Waals surface area contributed by atoms with Crippen LogP contribution in [-0.4, -0.2) is 4.57 Å². The van der Waals surface area contributed by atoms with Crippen LogP contribution >= 0.6 is 0 Å². The molecule has 0 aliphatic carbocycles. The zero-order valence-electron chi connectivity index (χ0n) is 8.16. The van der Waals surface area contributed by atoms with Crippen LogP contribution in [0.3, 0.4) is 0 Å². The van der Waals surface area contributed by atoms with Gasteiger partial charge in [-0.3, -0.25) is 4.79 Å². The molecule has 0 N–H and O–H groups in total. The second kappa shape index (κ2) is 3.66. The molecule has 2 nitrogen and oxygen atoms in total. The van der Waals surface area contributed by atoms with Crippen LogP contribution in [0, 0.1) is 6.07 Å². The lowest BCUT2D eigenvalue weighted by molar-refractivity contribution is 0.697. The van der Waals surface area contributed by atoms with Gasteiger partial charge in [-0.25, -0.2) is 0 Å². The van der Waals surface area contributed by atoms with Crippen molar-refractivity contribution < 1.29 is 0 Å². The second-order valence-electron chi connectivity index (χ2n) is 3.31. The van der Waals surface area contributed by atoms with E-state index in [1.807, 2.05) is 24.3 Å². The highest BCUT2D eigenvalue weighted by Crippen LogP contribution is 2.09. The molecule has 0 aliphatic heterocycles. The van der Waals surface area contributed by atoms with Crippen LogP contribution in [0.25, 0.3) is 10.9 Å². The molecule has 2 rings (SSSR count). The average molecular weight is 186 g/mol. The van der Waals surface area contributed by atoms with Gasteiger partial charge in [-0.15, -0.1) is 0 Å². The largest absolute Gasteiger partial charge is 0.347 e. The molecule has 0 saturated carbocycles. The minimum absolute atomic E-state index is 0.0204. The molecule has 0 bridgehead atoms. The summed E-state index contributed by atoms with van der Waals surface area (Å²) in [6, 6.07) is 10.4. The zero-order valence-corrected chi connectivity index (χ0v) is 8.16. The molecule has 1 heterocycles. The van der Waals surface area contributed by atoms with E-state index in [-0.39, 0.29) is 5.43 Å². The highest BCUT2D eigenvalue weighted by Gasteiger charge is 2.00. The minimum atomic E-state index is -0.0204. The maximum absolute atomic E-state index is 11.5. The Hall–Kier alpha value is -1.57. The number of hydrogen-bond acceptors (Lipinski definition) is 1. The van der Waals surface area contributed by atoms with E-state index in [2.05, 4.69) is 17.6 Å². The highest BCUT2D eigenvalue weighted by molar-refractivity contribution is 5.78. The zero-order chi connectivity index (χ0) is 9.97. The van der Waals surface area contributed by atoms with Crippen molar-refractivity contribution in [2.24, 2.45) is 0 Å². The van der Waals surface area contributed by atoms with Gasteiger partial charge in [0.25, 0.3) is 0 Å². The predicted octanol–water partition coefficient (Wildman–Crippen LogP) is 2.21. The smallest absolute Gasteiger partial charge is 0.197 e. The Balaban J connectivity index is 2.75. The first kappa shape index (κ1) is 9.00. The molecule has 2 aromatic rings. The van der Waals surface area contributed by atoms with Crippen molar-refractivity contribution in [3.63, 3.8) is 0 Å². The third-order valence-corrected chi connectivity index (χ3v) is 2.27. The number of aryl methyl sites for hydroxylation is 1. The third kappa shape index (κ3) is 1.43. The van der Waals surface area contributed by atoms with Crippen molar-refractivity contribution in [1.82, 2.24) is 4.57 Å². The lowest BCUT2D eigenvalue weighted by Gasteiger charge is -2.07. The average Bonchev–Trinajstić information content (AvgIpc) is 2.23. The number of pyridine rings is 1. The maximum Gasteiger partial charge on any atom is 0.197 e. The van der Waals surface area contributed by atoms with Crippen molar-refractivity contribution in [3.8, 4) is 0 Å². The molecular weight excluding hydrogens is 174 g/mol. The molecule has 0 fully saturated rings. The molecule has 2 heteroatoms. The van der Waals surface area contributed by atoms with Crippen molar-refractivity contribution >= 4 is 10.9 Å². The van der Waals surface area contributed by atoms with Crippen LogP contribution in [0.5, 0.6) is 0 Å². The Bertz CT molecular complexity index is 499. The van der Waals surface area contributed by atoms with Gasteiger partial charge < -0.3 is 4.57 Å². The Morgan fingerprint density at radius 2 is 2.14 bits per heavy atom. The molecule has 1 radical (unpaired) electrons. The van der Waals surface area contributed by atoms with Gasteiger partial charge in [0.1, 0.15) is 0 Å². The molecule has 71 valence electrons. The summed E-state index contributed by atoms with van der Waals surface area (Å²) in [7, 11) is 0. The topological polar surface area (TPSA) is 22.0 Å². The van der Waals surface area contributed by atoms with Gasteiger partial charge in [-0.1, -0.05) is 19.1 Å². The Labute approximate surface area is 82.8 Å². The molecule has 1 aromatic carbocycles. The van der Waals surface area contributed by atoms with E-state index in [4.69, 9.17) is 0 Å². The number of benzene rings is 1. The van der Waals surface area contributed by atoms with Gasteiger partial charge in [0.15, 0.2) is 5.43 Å². The second-order valence-corrected chi connectivity index (χ2v) is 3.31. The number of rotatable bonds is 2. The fourth-order valence-corrected chi connectivity index (χ4v) is 1.63. The molecule has 0 spiro atoms. The van der Waals surface area contributed by atoms with Crippen molar-refractivity contribution in [2.45, 2.75) is 19.9 Å². The van der Waals surface area contributed by atoms with Gasteiger partial charge in [0, 0.05) is 18.1 Å². The summed E-state index contributed by atoms with van der Waals surface area (Å²) >= 11 is 0. The van der Waals surface area contributed by atoms with Crippen LogP contribution < -0.4 is 5.43 Å². The number of hydrogen-bond donors (Lipinski definition) is 0. The van der Waals surface area contributed by atoms with Gasteiger partial charge in [-0.05, 0) is 18.6 Å². The van der Waals surface area contributed by atoms with Crippen LogP contribution in [0.15, 0.2) is 35.3 Å². The lowest BCUT2D eigenvalue weighted by atomic mass is 10.2. The molecule has 0 unspecified atom stereocenters. The number of para-hydroxylation sites is 1. The quantitative estimate of drug-likeness (QED) is 0.704. The van der Waals surface area contributed by atoms with E-state index >= 15 is 0 Å². The fraction of sp³-hybridized carbons (Fsp3) is 0.250. The summed E-state index contributed by atoms with van der Waals surface area (Å²) in [4.78, 5) is 11.5. The number of aromatic nitrogens is 1. The van der Waals surface area contributed by atoms with E-state index in [0.29, 0.717) is 0 Å². The van der Waals surface area contributed by atoms with E-state index in [0.717, 1.165) is 23.9 Å². The maximum atomic E-state index is 11.5. The Morgan fingerprint density at radius 3 is 2.93 bits per heavy atom. The van der Waals surface area contributed by atoms with Gasteiger partial charge in [-0.2, -0.15) is 0 Å². The lowest BCUT2D eigenvalue weighted by Crippen LogP contribution is -2.07. The van der Waals surface area contributed by atoms with Crippen molar-refractivity contribution in [2.75, 3.05) is 0 Å². The Kier molecular flexibility index (Phi) is 2.35. The SMILES string of the molecule is CCCn1c[c]c(=O)c2ccccc21. The summed E-state index contributed by atoms with van der Waals surface area (Å²) in [5, 5.41) is 0.753. The van der Waals surface area contributed by atoms with Gasteiger partial charge >= 0.3 is 0 Å². The first-order chi connectivity index (χ1) is 6.83. The summed E-state index contributed by atoms with van der Waals surface area (Å²) in [6.45, 7) is 3.05. The van der Waals surface area contributed by atoms with Crippen molar-refractivity contribution in [3.05, 3.63) is 46.8 Å². The number of fused-ring (bicyclic) bond motifs is 1. The monoisotopic (exact) mass is 186 g/mol. The third-order valence-electron chi connectivity index (χ3n) is 2.27. The first-order valence-corrected chi connectivity index (χ1v) is 4.83. The standard InChI is InChI=1S/C12H12NO/c1-2-8-13-9-7-12(14)10-5-3-4-6-11(10)13/h3-6,9H,2,8H2,1H3. The summed E-state index contributed by atoms with van der Waals surface area (Å²) in [5.41, 5.74) is 0.978. The molecule has 14 heavy (non-hydrogen) atoms. The Morgan fingerprint density at radius 1 is 1.36 bits per heavy atom. The molecule has 0 amide bonds. The van der Waals surface area contributed by atoms with Crippen LogP contribution in [0.4, 0.5) is 0 Å². The molecular formula is C12H12NO. The minimum Gasteiger partial charge on any atom is -0.347 e. The van der Waals surface area contributed by atoms with Crippen LogP contribution in [0.1, 0.15) is 13.3 Å². The van der Waals surface area contributed by atoms with E-state index in [1.54, 1.807) is 6.20 Å². The van der Waals surface area contributed by atoms with Gasteiger partial charge in [0.05, 0.1) is 11.6 Å². The fourth-order valence-electron chi connectivity index (χ4n) is 1.63.